The fourth-order valence-corrected chi connectivity index (χ4v) is 6.22. The zero-order valence-electron chi connectivity index (χ0n) is 29.6. The minimum Gasteiger partial charge on any atom is -0.461 e. The summed E-state index contributed by atoms with van der Waals surface area (Å²) in [6.07, 6.45) is -5.10. The van der Waals surface area contributed by atoms with Crippen molar-refractivity contribution in [2.24, 2.45) is 0 Å². The molecule has 10 heteroatoms. The second-order valence-electron chi connectivity index (χ2n) is 12.6. The topological polar surface area (TPSA) is 101 Å². The molecule has 9 nitrogen and oxygen atoms in total. The number of hydrogen-bond acceptors (Lipinski definition) is 8. The predicted molar refractivity (Wildman–Crippen MR) is 196 cm³/mol. The Morgan fingerprint density at radius 1 is 0.717 bits per heavy atom. The largest absolute Gasteiger partial charge is 0.461 e. The second kappa shape index (κ2) is 17.1. The Hall–Kier alpha value is -5.84. The Bertz CT molecular complexity index is 2010. The number of benzene rings is 5. The van der Waals surface area contributed by atoms with Crippen molar-refractivity contribution in [3.05, 3.63) is 162 Å². The van der Waals surface area contributed by atoms with Gasteiger partial charge in [-0.2, -0.15) is 0 Å². The van der Waals surface area contributed by atoms with E-state index in [-0.39, 0.29) is 11.5 Å². The first kappa shape index (κ1) is 36.9. The van der Waals surface area contributed by atoms with Crippen LogP contribution in [0.2, 0.25) is 0 Å². The number of hydrogen-bond donors (Lipinski definition) is 0. The van der Waals surface area contributed by atoms with Crippen LogP contribution in [0, 0.1) is 5.82 Å². The number of nitrogens with zero attached hydrogens (tertiary/aromatic N) is 1. The molecule has 272 valence electrons. The molecule has 0 aliphatic carbocycles. The van der Waals surface area contributed by atoms with Gasteiger partial charge >= 0.3 is 11.9 Å². The third-order valence-electron chi connectivity index (χ3n) is 9.12. The van der Waals surface area contributed by atoms with Crippen LogP contribution in [0.3, 0.4) is 0 Å². The SMILES string of the molecule is CO[C@@H]1[C@@H](OC(=O)c2ccccc2)[C@@H](OC(=O)c2ccccc2)C(Oc2ccc(CCN(C)C(C)=O)c(-c3cccc(F)c3)c2)O[C@@H]1c1ccccc1. The van der Waals surface area contributed by atoms with Gasteiger partial charge in [0, 0.05) is 27.6 Å². The summed E-state index contributed by atoms with van der Waals surface area (Å²) in [5.41, 5.74) is 3.40. The lowest BCUT2D eigenvalue weighted by Gasteiger charge is -2.44. The van der Waals surface area contributed by atoms with E-state index in [0.717, 1.165) is 5.56 Å². The highest BCUT2D eigenvalue weighted by atomic mass is 19.1. The monoisotopic (exact) mass is 717 g/mol. The van der Waals surface area contributed by atoms with Gasteiger partial charge < -0.3 is 28.6 Å². The fraction of sp³-hybridized carbons (Fsp3) is 0.233. The molecule has 53 heavy (non-hydrogen) atoms. The summed E-state index contributed by atoms with van der Waals surface area (Å²) >= 11 is 0. The van der Waals surface area contributed by atoms with E-state index in [1.807, 2.05) is 36.4 Å². The van der Waals surface area contributed by atoms with Crippen molar-refractivity contribution >= 4 is 17.8 Å². The number of ether oxygens (including phenoxy) is 5. The molecule has 1 saturated heterocycles. The Labute approximate surface area is 307 Å². The van der Waals surface area contributed by atoms with Crippen LogP contribution >= 0.6 is 0 Å². The van der Waals surface area contributed by atoms with Crippen molar-refractivity contribution in [2.45, 2.75) is 44.1 Å². The van der Waals surface area contributed by atoms with Crippen molar-refractivity contribution in [1.29, 1.82) is 0 Å². The lowest BCUT2D eigenvalue weighted by atomic mass is 9.93. The van der Waals surface area contributed by atoms with Crippen molar-refractivity contribution in [1.82, 2.24) is 4.90 Å². The molecule has 1 heterocycles. The van der Waals surface area contributed by atoms with Gasteiger partial charge in [0.2, 0.25) is 18.3 Å². The molecule has 0 saturated carbocycles. The lowest BCUT2D eigenvalue weighted by Crippen LogP contribution is -2.59. The van der Waals surface area contributed by atoms with Gasteiger partial charge in [-0.25, -0.2) is 14.0 Å². The summed E-state index contributed by atoms with van der Waals surface area (Å²) in [4.78, 5) is 40.9. The maximum atomic E-state index is 14.5. The Morgan fingerprint density at radius 3 is 1.91 bits per heavy atom. The average Bonchev–Trinajstić information content (AvgIpc) is 3.19. The van der Waals surface area contributed by atoms with E-state index in [0.29, 0.717) is 41.0 Å². The van der Waals surface area contributed by atoms with Gasteiger partial charge in [0.1, 0.15) is 23.8 Å². The standard InChI is InChI=1S/C43H40FNO8/c1-28(46)45(2)25-24-29-22-23-35(27-36(29)33-20-13-21-34(44)26-33)50-43-40(52-42(48)32-18-11-6-12-19-32)39(51-41(47)31-16-9-5-10-17-31)38(49-3)37(53-43)30-14-7-4-8-15-30/h4-23,26-27,37-40,43H,24-25H2,1-3H3/t37-,38+,39-,40-,43?/m1/s1. The van der Waals surface area contributed by atoms with Crippen LogP contribution in [0.4, 0.5) is 4.39 Å². The van der Waals surface area contributed by atoms with Crippen LogP contribution in [0.25, 0.3) is 11.1 Å². The molecule has 0 N–H and O–H groups in total. The number of methoxy groups -OCH3 is 1. The van der Waals surface area contributed by atoms with Crippen molar-refractivity contribution < 1.29 is 42.5 Å². The number of esters is 2. The fourth-order valence-electron chi connectivity index (χ4n) is 6.22. The van der Waals surface area contributed by atoms with Crippen LogP contribution in [-0.4, -0.2) is 68.0 Å². The second-order valence-corrected chi connectivity index (χ2v) is 12.6. The van der Waals surface area contributed by atoms with Crippen LogP contribution in [0.5, 0.6) is 5.75 Å². The summed E-state index contributed by atoms with van der Waals surface area (Å²) in [7, 11) is 3.19. The van der Waals surface area contributed by atoms with Gasteiger partial charge in [0.25, 0.3) is 0 Å². The number of rotatable bonds is 12. The zero-order valence-corrected chi connectivity index (χ0v) is 29.6. The molecule has 1 amide bonds. The number of carbonyl (C=O) groups excluding carboxylic acids is 3. The molecule has 5 aromatic rings. The lowest BCUT2D eigenvalue weighted by molar-refractivity contribution is -0.278. The van der Waals surface area contributed by atoms with Gasteiger partial charge in [-0.3, -0.25) is 4.79 Å². The van der Waals surface area contributed by atoms with Crippen LogP contribution in [-0.2, 0) is 30.2 Å². The molecule has 0 aromatic heterocycles. The molecule has 5 aromatic carbocycles. The molecule has 1 fully saturated rings. The molecule has 1 unspecified atom stereocenters. The maximum Gasteiger partial charge on any atom is 0.338 e. The van der Waals surface area contributed by atoms with Crippen LogP contribution in [0.1, 0.15) is 44.9 Å². The number of halogens is 1. The summed E-state index contributed by atoms with van der Waals surface area (Å²) in [5.74, 6) is -1.52. The Morgan fingerprint density at radius 2 is 1.32 bits per heavy atom. The highest BCUT2D eigenvalue weighted by Gasteiger charge is 2.52. The Balaban J connectivity index is 1.42. The van der Waals surface area contributed by atoms with Gasteiger partial charge in [-0.05, 0) is 77.2 Å². The highest BCUT2D eigenvalue weighted by molar-refractivity contribution is 5.90. The quantitative estimate of drug-likeness (QED) is 0.123. The van der Waals surface area contributed by atoms with Gasteiger partial charge in [-0.15, -0.1) is 0 Å². The first-order valence-corrected chi connectivity index (χ1v) is 17.2. The summed E-state index contributed by atoms with van der Waals surface area (Å²) < 4.78 is 46.0. The van der Waals surface area contributed by atoms with Gasteiger partial charge in [0.15, 0.2) is 6.10 Å². The summed E-state index contributed by atoms with van der Waals surface area (Å²) in [6, 6.07) is 37.7. The predicted octanol–water partition coefficient (Wildman–Crippen LogP) is 7.46. The summed E-state index contributed by atoms with van der Waals surface area (Å²) in [5, 5.41) is 0. The molecule has 0 spiro atoms. The van der Waals surface area contributed by atoms with Crippen molar-refractivity contribution in [3.8, 4) is 16.9 Å². The first-order valence-electron chi connectivity index (χ1n) is 17.2. The Kier molecular flexibility index (Phi) is 11.9. The molecule has 0 bridgehead atoms. The van der Waals surface area contributed by atoms with E-state index in [9.17, 15) is 18.8 Å². The minimum absolute atomic E-state index is 0.0762. The average molecular weight is 718 g/mol. The van der Waals surface area contributed by atoms with Crippen molar-refractivity contribution in [2.75, 3.05) is 20.7 Å². The van der Waals surface area contributed by atoms with Crippen LogP contribution in [0.15, 0.2) is 133 Å². The molecular formula is C43H40FNO8. The third kappa shape index (κ3) is 8.97. The first-order chi connectivity index (χ1) is 25.7. The van der Waals surface area contributed by atoms with E-state index in [4.69, 9.17) is 23.7 Å². The molecule has 5 atom stereocenters. The highest BCUT2D eigenvalue weighted by Crippen LogP contribution is 2.39. The van der Waals surface area contributed by atoms with Crippen molar-refractivity contribution in [3.63, 3.8) is 0 Å². The van der Waals surface area contributed by atoms with E-state index < -0.39 is 48.5 Å². The number of carbonyl (C=O) groups is 3. The molecule has 6 rings (SSSR count). The third-order valence-corrected chi connectivity index (χ3v) is 9.12. The molecule has 1 aliphatic rings. The maximum absolute atomic E-state index is 14.5. The van der Waals surface area contributed by atoms with E-state index in [1.165, 1.54) is 26.2 Å². The smallest absolute Gasteiger partial charge is 0.338 e. The zero-order chi connectivity index (χ0) is 37.3. The van der Waals surface area contributed by atoms with E-state index in [2.05, 4.69) is 0 Å². The summed E-state index contributed by atoms with van der Waals surface area (Å²) in [6.45, 7) is 1.93. The number of amides is 1. The van der Waals surface area contributed by atoms with Gasteiger partial charge in [-0.1, -0.05) is 84.9 Å². The van der Waals surface area contributed by atoms with Crippen LogP contribution < -0.4 is 4.74 Å². The molecule has 1 aliphatic heterocycles. The van der Waals surface area contributed by atoms with E-state index >= 15 is 0 Å². The molecular weight excluding hydrogens is 677 g/mol. The number of likely N-dealkylation sites (N-methyl/N-ethyl adjacent to an activating group) is 1. The molecule has 0 radical (unpaired) electrons. The normalized spacial score (nSPS) is 19.5. The minimum atomic E-state index is -1.32. The van der Waals surface area contributed by atoms with Gasteiger partial charge in [0.05, 0.1) is 11.1 Å². The van der Waals surface area contributed by atoms with E-state index in [1.54, 1.807) is 96.9 Å².